The Morgan fingerprint density at radius 3 is 2.36 bits per heavy atom. The normalized spacial score (nSPS) is 11.6. The van der Waals surface area contributed by atoms with Crippen LogP contribution in [0, 0.1) is 20.8 Å². The second-order valence-corrected chi connectivity index (χ2v) is 8.93. The molecule has 4 rings (SSSR count). The van der Waals surface area contributed by atoms with Crippen molar-refractivity contribution in [2.75, 3.05) is 18.5 Å². The summed E-state index contributed by atoms with van der Waals surface area (Å²) in [7, 11) is 0. The van der Waals surface area contributed by atoms with Crippen molar-refractivity contribution in [3.8, 4) is 22.6 Å². The van der Waals surface area contributed by atoms with Crippen LogP contribution in [0.15, 0.2) is 65.3 Å². The number of nitrogens with one attached hydrogen (secondary N) is 1. The molecule has 0 aliphatic carbocycles. The number of allylic oxidation sites excluding steroid dienone is 1. The maximum absolute atomic E-state index is 12.9. The van der Waals surface area contributed by atoms with E-state index < -0.39 is 0 Å². The van der Waals surface area contributed by atoms with Crippen molar-refractivity contribution in [2.45, 2.75) is 41.5 Å². The minimum Gasteiger partial charge on any atom is -0.494 e. The van der Waals surface area contributed by atoms with E-state index in [4.69, 9.17) is 13.9 Å². The Balaban J connectivity index is 1.75. The minimum absolute atomic E-state index is 0.182. The maximum atomic E-state index is 12.9. The highest BCUT2D eigenvalue weighted by atomic mass is 16.5. The van der Waals surface area contributed by atoms with Gasteiger partial charge in [0.25, 0.3) is 0 Å². The van der Waals surface area contributed by atoms with Gasteiger partial charge in [0.2, 0.25) is 5.91 Å². The van der Waals surface area contributed by atoms with Crippen molar-refractivity contribution in [2.24, 2.45) is 0 Å². The third-order valence-corrected chi connectivity index (χ3v) is 6.22. The predicted octanol–water partition coefficient (Wildman–Crippen LogP) is 7.86. The van der Waals surface area contributed by atoms with Crippen LogP contribution >= 0.6 is 0 Å². The fourth-order valence-corrected chi connectivity index (χ4v) is 4.46. The van der Waals surface area contributed by atoms with Crippen LogP contribution in [0.3, 0.4) is 0 Å². The Kier molecular flexibility index (Phi) is 7.49. The first-order valence-corrected chi connectivity index (χ1v) is 12.3. The second kappa shape index (κ2) is 10.7. The number of hydrogen-bond donors (Lipinski definition) is 1. The van der Waals surface area contributed by atoms with Crippen LogP contribution in [0.5, 0.6) is 11.5 Å². The minimum atomic E-state index is -0.182. The largest absolute Gasteiger partial charge is 0.494 e. The van der Waals surface area contributed by atoms with E-state index in [1.165, 1.54) is 0 Å². The lowest BCUT2D eigenvalue weighted by atomic mass is 9.96. The topological polar surface area (TPSA) is 60.7 Å². The molecule has 0 aliphatic rings. The van der Waals surface area contributed by atoms with E-state index in [9.17, 15) is 4.79 Å². The Labute approximate surface area is 212 Å². The zero-order valence-electron chi connectivity index (χ0n) is 21.8. The highest BCUT2D eigenvalue weighted by Gasteiger charge is 2.19. The van der Waals surface area contributed by atoms with Gasteiger partial charge in [-0.1, -0.05) is 29.8 Å². The number of amides is 1. The van der Waals surface area contributed by atoms with Crippen molar-refractivity contribution >= 4 is 28.1 Å². The van der Waals surface area contributed by atoms with E-state index in [0.29, 0.717) is 13.2 Å². The molecule has 1 N–H and O–H groups in total. The van der Waals surface area contributed by atoms with Gasteiger partial charge in [-0.15, -0.1) is 0 Å². The lowest BCUT2D eigenvalue weighted by Crippen LogP contribution is -2.10. The zero-order chi connectivity index (χ0) is 25.8. The molecule has 0 atom stereocenters. The standard InChI is InChI=1S/C31H33NO4/c1-7-34-24-12-10-23(11-13-24)27-18-36-31-22(6)30(35-8-2)25(17-26(27)31)20(4)16-29(33)32-28-14-9-19(3)15-21(28)5/h9-18H,7-8H2,1-6H3,(H,32,33)/b20-16+. The molecule has 0 spiro atoms. The third-order valence-electron chi connectivity index (χ3n) is 6.22. The highest BCUT2D eigenvalue weighted by molar-refractivity contribution is 6.06. The number of anilines is 1. The Hall–Kier alpha value is -3.99. The van der Waals surface area contributed by atoms with Gasteiger partial charge in [0.1, 0.15) is 17.1 Å². The van der Waals surface area contributed by atoms with Crippen LogP contribution in [-0.2, 0) is 4.79 Å². The average molecular weight is 484 g/mol. The molecule has 0 aliphatic heterocycles. The van der Waals surface area contributed by atoms with Crippen LogP contribution < -0.4 is 14.8 Å². The van der Waals surface area contributed by atoms with Crippen LogP contribution in [0.25, 0.3) is 27.7 Å². The molecule has 1 heterocycles. The van der Waals surface area contributed by atoms with Crippen molar-refractivity contribution in [1.82, 2.24) is 0 Å². The summed E-state index contributed by atoms with van der Waals surface area (Å²) < 4.78 is 17.6. The maximum Gasteiger partial charge on any atom is 0.248 e. The molecule has 1 amide bonds. The van der Waals surface area contributed by atoms with E-state index in [1.54, 1.807) is 12.3 Å². The molecule has 5 heteroatoms. The molecule has 36 heavy (non-hydrogen) atoms. The monoisotopic (exact) mass is 483 g/mol. The molecule has 0 radical (unpaired) electrons. The van der Waals surface area contributed by atoms with E-state index in [-0.39, 0.29) is 5.91 Å². The number of hydrogen-bond acceptors (Lipinski definition) is 4. The molecule has 0 saturated carbocycles. The molecule has 0 unspecified atom stereocenters. The summed E-state index contributed by atoms with van der Waals surface area (Å²) in [6.07, 6.45) is 3.40. The van der Waals surface area contributed by atoms with E-state index in [0.717, 1.165) is 67.1 Å². The van der Waals surface area contributed by atoms with Gasteiger partial charge >= 0.3 is 0 Å². The first-order valence-electron chi connectivity index (χ1n) is 12.3. The summed E-state index contributed by atoms with van der Waals surface area (Å²) in [5.74, 6) is 1.38. The van der Waals surface area contributed by atoms with Gasteiger partial charge in [0, 0.05) is 33.8 Å². The van der Waals surface area contributed by atoms with Crippen molar-refractivity contribution < 1.29 is 18.7 Å². The fourth-order valence-electron chi connectivity index (χ4n) is 4.46. The molecule has 1 aromatic heterocycles. The highest BCUT2D eigenvalue weighted by Crippen LogP contribution is 2.41. The number of rotatable bonds is 8. The van der Waals surface area contributed by atoms with E-state index in [2.05, 4.69) is 17.4 Å². The van der Waals surface area contributed by atoms with Gasteiger partial charge in [-0.2, -0.15) is 0 Å². The Bertz CT molecular complexity index is 1430. The summed E-state index contributed by atoms with van der Waals surface area (Å²) in [4.78, 5) is 12.9. The Morgan fingerprint density at radius 2 is 1.69 bits per heavy atom. The van der Waals surface area contributed by atoms with E-state index >= 15 is 0 Å². The number of carbonyl (C=O) groups excluding carboxylic acids is 1. The molecular formula is C31H33NO4. The molecule has 0 saturated heterocycles. The van der Waals surface area contributed by atoms with Gasteiger partial charge in [0.05, 0.1) is 19.5 Å². The zero-order valence-corrected chi connectivity index (χ0v) is 21.8. The molecular weight excluding hydrogens is 450 g/mol. The summed E-state index contributed by atoms with van der Waals surface area (Å²) >= 11 is 0. The average Bonchev–Trinajstić information content (AvgIpc) is 3.27. The number of furan rings is 1. The smallest absolute Gasteiger partial charge is 0.248 e. The molecule has 4 aromatic rings. The van der Waals surface area contributed by atoms with Gasteiger partial charge in [-0.25, -0.2) is 0 Å². The molecule has 186 valence electrons. The number of ether oxygens (including phenoxy) is 2. The Morgan fingerprint density at radius 1 is 0.972 bits per heavy atom. The molecule has 0 fully saturated rings. The lowest BCUT2D eigenvalue weighted by molar-refractivity contribution is -0.111. The molecule has 0 bridgehead atoms. The predicted molar refractivity (Wildman–Crippen MR) is 147 cm³/mol. The van der Waals surface area contributed by atoms with Crippen molar-refractivity contribution in [1.29, 1.82) is 0 Å². The van der Waals surface area contributed by atoms with Crippen LogP contribution in [0.4, 0.5) is 5.69 Å². The second-order valence-electron chi connectivity index (χ2n) is 8.93. The first-order chi connectivity index (χ1) is 17.3. The summed E-state index contributed by atoms with van der Waals surface area (Å²) in [5, 5.41) is 3.97. The quantitative estimate of drug-likeness (QED) is 0.259. The van der Waals surface area contributed by atoms with Gasteiger partial charge in [-0.05, 0) is 82.5 Å². The number of carbonyl (C=O) groups is 1. The number of fused-ring (bicyclic) bond motifs is 1. The van der Waals surface area contributed by atoms with Crippen LogP contribution in [-0.4, -0.2) is 19.1 Å². The van der Waals surface area contributed by atoms with Crippen molar-refractivity contribution in [3.05, 3.63) is 83.1 Å². The van der Waals surface area contributed by atoms with E-state index in [1.807, 2.05) is 77.9 Å². The van der Waals surface area contributed by atoms with Gasteiger partial charge in [-0.3, -0.25) is 4.79 Å². The SMILES string of the molecule is CCOc1ccc(-c2coc3c(C)c(OCC)c(/C(C)=C/C(=O)Nc4ccc(C)cc4C)cc23)cc1. The summed E-state index contributed by atoms with van der Waals surface area (Å²) in [6.45, 7) is 13.0. The van der Waals surface area contributed by atoms with Crippen molar-refractivity contribution in [3.63, 3.8) is 0 Å². The fraction of sp³-hybridized carbons (Fsp3) is 0.258. The number of aryl methyl sites for hydroxylation is 3. The first kappa shape index (κ1) is 25.1. The lowest BCUT2D eigenvalue weighted by Gasteiger charge is -2.15. The number of benzene rings is 3. The summed E-state index contributed by atoms with van der Waals surface area (Å²) in [6, 6.07) is 16.0. The van der Waals surface area contributed by atoms with Gasteiger partial charge in [0.15, 0.2) is 0 Å². The van der Waals surface area contributed by atoms with Crippen LogP contribution in [0.2, 0.25) is 0 Å². The van der Waals surface area contributed by atoms with Gasteiger partial charge < -0.3 is 19.2 Å². The third kappa shape index (κ3) is 5.15. The summed E-state index contributed by atoms with van der Waals surface area (Å²) in [5.41, 5.74) is 8.36. The van der Waals surface area contributed by atoms with Crippen LogP contribution in [0.1, 0.15) is 43.0 Å². The molecule has 5 nitrogen and oxygen atoms in total. The molecule has 3 aromatic carbocycles.